The second kappa shape index (κ2) is 12.9. The predicted octanol–water partition coefficient (Wildman–Crippen LogP) is 4.84. The number of ether oxygens (including phenoxy) is 2. The van der Waals surface area contributed by atoms with E-state index in [4.69, 9.17) is 21.1 Å². The summed E-state index contributed by atoms with van der Waals surface area (Å²) in [5, 5.41) is 6.27. The first-order valence-corrected chi connectivity index (χ1v) is 14.6. The lowest BCUT2D eigenvalue weighted by atomic mass is 9.87. The van der Waals surface area contributed by atoms with E-state index in [-0.39, 0.29) is 28.8 Å². The van der Waals surface area contributed by atoms with Gasteiger partial charge in [-0.1, -0.05) is 29.8 Å². The Morgan fingerprint density at radius 1 is 1.09 bits per heavy atom. The van der Waals surface area contributed by atoms with E-state index in [2.05, 4.69) is 10.6 Å². The molecule has 2 unspecified atom stereocenters. The number of methoxy groups -OCH3 is 2. The van der Waals surface area contributed by atoms with Gasteiger partial charge < -0.3 is 25.0 Å². The second-order valence-electron chi connectivity index (χ2n) is 11.1. The van der Waals surface area contributed by atoms with Gasteiger partial charge in [-0.3, -0.25) is 9.59 Å². The van der Waals surface area contributed by atoms with Gasteiger partial charge in [-0.25, -0.2) is 13.6 Å². The van der Waals surface area contributed by atoms with Gasteiger partial charge in [-0.2, -0.15) is 0 Å². The minimum atomic E-state index is -1.35. The number of aryl methyl sites for hydroxylation is 1. The second-order valence-corrected chi connectivity index (χ2v) is 11.6. The van der Waals surface area contributed by atoms with Gasteiger partial charge in [0.25, 0.3) is 5.91 Å². The molecule has 5 atom stereocenters. The van der Waals surface area contributed by atoms with Gasteiger partial charge in [0.05, 0.1) is 12.8 Å². The van der Waals surface area contributed by atoms with Crippen LogP contribution in [-0.4, -0.2) is 61.6 Å². The van der Waals surface area contributed by atoms with Gasteiger partial charge >= 0.3 is 6.03 Å². The highest BCUT2D eigenvalue weighted by Gasteiger charge is 2.52. The van der Waals surface area contributed by atoms with E-state index in [1.54, 1.807) is 25.1 Å². The van der Waals surface area contributed by atoms with Crippen LogP contribution in [-0.2, 0) is 27.2 Å². The Labute approximate surface area is 254 Å². The molecular weight excluding hydrogens is 580 g/mol. The zero-order chi connectivity index (χ0) is 30.8. The van der Waals surface area contributed by atoms with Crippen LogP contribution in [0, 0.1) is 17.6 Å². The van der Waals surface area contributed by atoms with Crippen molar-refractivity contribution in [3.63, 3.8) is 0 Å². The van der Waals surface area contributed by atoms with Crippen molar-refractivity contribution in [2.24, 2.45) is 5.92 Å². The summed E-state index contributed by atoms with van der Waals surface area (Å²) in [6, 6.07) is 4.64. The molecule has 2 aliphatic carbocycles. The largest absolute Gasteiger partial charge is 0.497 e. The Bertz CT molecular complexity index is 1470. The molecule has 43 heavy (non-hydrogen) atoms. The van der Waals surface area contributed by atoms with E-state index >= 15 is 8.78 Å². The molecule has 1 fully saturated rings. The van der Waals surface area contributed by atoms with Crippen LogP contribution < -0.4 is 15.4 Å². The van der Waals surface area contributed by atoms with Crippen LogP contribution in [0.15, 0.2) is 54.3 Å². The molecule has 1 aliphatic heterocycles. The molecule has 8 nitrogen and oxygen atoms in total. The molecule has 5 rings (SSSR count). The average Bonchev–Trinajstić information content (AvgIpc) is 3.20. The summed E-state index contributed by atoms with van der Waals surface area (Å²) < 4.78 is 41.0. The Morgan fingerprint density at radius 3 is 2.53 bits per heavy atom. The van der Waals surface area contributed by atoms with Crippen LogP contribution in [0.4, 0.5) is 13.6 Å². The highest BCUT2D eigenvalue weighted by Crippen LogP contribution is 2.41. The fourth-order valence-corrected chi connectivity index (χ4v) is 6.56. The number of nitrogens with zero attached hydrogens (tertiary/aromatic N) is 1. The molecule has 0 bridgehead atoms. The van der Waals surface area contributed by atoms with Crippen molar-refractivity contribution in [2.45, 2.75) is 56.7 Å². The molecule has 3 amide bonds. The third-order valence-corrected chi connectivity index (χ3v) is 8.74. The molecule has 0 spiro atoms. The van der Waals surface area contributed by atoms with Crippen molar-refractivity contribution in [1.29, 1.82) is 0 Å². The van der Waals surface area contributed by atoms with E-state index < -0.39 is 47.5 Å². The number of ketones is 1. The first kappa shape index (κ1) is 30.7. The maximum atomic E-state index is 15.5. The van der Waals surface area contributed by atoms with E-state index in [0.29, 0.717) is 37.3 Å². The zero-order valence-corrected chi connectivity index (χ0v) is 24.9. The summed E-state index contributed by atoms with van der Waals surface area (Å²) in [4.78, 5) is 42.0. The molecule has 1 saturated heterocycles. The normalized spacial score (nSPS) is 24.9. The number of allylic oxidation sites excluding steroid dienone is 4. The number of hydrogen-bond acceptors (Lipinski definition) is 5. The lowest BCUT2D eigenvalue weighted by molar-refractivity contribution is -0.132. The number of urea groups is 1. The lowest BCUT2D eigenvalue weighted by Crippen LogP contribution is -2.51. The monoisotopic (exact) mass is 613 g/mol. The minimum absolute atomic E-state index is 0.0232. The molecule has 1 heterocycles. The van der Waals surface area contributed by atoms with Gasteiger partial charge in [0.15, 0.2) is 5.78 Å². The maximum Gasteiger partial charge on any atom is 0.315 e. The van der Waals surface area contributed by atoms with Crippen LogP contribution in [0.5, 0.6) is 5.75 Å². The zero-order valence-electron chi connectivity index (χ0n) is 24.2. The van der Waals surface area contributed by atoms with Gasteiger partial charge in [-0.15, -0.1) is 0 Å². The number of carbonyl (C=O) groups is 3. The van der Waals surface area contributed by atoms with Crippen LogP contribution in [0.2, 0.25) is 5.02 Å². The number of Topliss-reactive ketones (excluding diaryl/α,β-unsaturated/α-hetero) is 1. The molecule has 228 valence electrons. The predicted molar refractivity (Wildman–Crippen MR) is 157 cm³/mol. The van der Waals surface area contributed by atoms with Crippen LogP contribution in [0.25, 0.3) is 0 Å². The fourth-order valence-electron chi connectivity index (χ4n) is 6.36. The number of nitrogens with one attached hydrogen (secondary N) is 2. The number of amides is 3. The number of likely N-dealkylation sites (tertiary alicyclic amines) is 1. The molecule has 2 N–H and O–H groups in total. The number of benzene rings is 2. The lowest BCUT2D eigenvalue weighted by Gasteiger charge is -2.29. The number of rotatable bonds is 8. The number of hydrogen-bond donors (Lipinski definition) is 2. The van der Waals surface area contributed by atoms with Crippen molar-refractivity contribution in [1.82, 2.24) is 15.5 Å². The maximum absolute atomic E-state index is 15.5. The first-order chi connectivity index (χ1) is 20.6. The topological polar surface area (TPSA) is 97.0 Å². The van der Waals surface area contributed by atoms with E-state index in [0.717, 1.165) is 23.3 Å². The molecule has 0 saturated carbocycles. The SMILES string of the molecule is COCCC1C=CC=C(N2C(=O)[C@@H](NC(=O)NC3CCc4cc(Cl)ccc4C3)[C@H](c3c(F)cc(OC)cc3F)[C@@H]2C)C1=O. The number of fused-ring (bicyclic) bond motifs is 1. The summed E-state index contributed by atoms with van der Waals surface area (Å²) in [5.74, 6) is -4.46. The first-order valence-electron chi connectivity index (χ1n) is 14.2. The van der Waals surface area contributed by atoms with Gasteiger partial charge in [0, 0.05) is 60.4 Å². The Kier molecular flexibility index (Phi) is 9.17. The standard InChI is InChI=1S/C32H34ClF2N3O5/c1-17-27(28-24(34)15-23(43-3)16-25(28)35)29(31(40)38(17)26-6-4-5-18(30(26)39)11-12-42-2)37-32(41)36-22-10-8-19-13-21(33)9-7-20(19)14-22/h4-7,9,13,15-18,22,27,29H,8,10-12,14H2,1-3H3,(H2,36,37,41)/t17-,18?,22?,27-,29-/m0/s1. The average molecular weight is 614 g/mol. The van der Waals surface area contributed by atoms with E-state index in [1.807, 2.05) is 12.1 Å². The smallest absolute Gasteiger partial charge is 0.315 e. The highest BCUT2D eigenvalue weighted by molar-refractivity contribution is 6.30. The van der Waals surface area contributed by atoms with Gasteiger partial charge in [0.2, 0.25) is 0 Å². The highest BCUT2D eigenvalue weighted by atomic mass is 35.5. The summed E-state index contributed by atoms with van der Waals surface area (Å²) in [6.07, 6.45) is 7.29. The van der Waals surface area contributed by atoms with Crippen LogP contribution in [0.3, 0.4) is 0 Å². The molecule has 11 heteroatoms. The Balaban J connectivity index is 1.43. The quantitative estimate of drug-likeness (QED) is 0.444. The summed E-state index contributed by atoms with van der Waals surface area (Å²) in [5.41, 5.74) is 1.92. The van der Waals surface area contributed by atoms with Gasteiger partial charge in [0.1, 0.15) is 23.4 Å². The third kappa shape index (κ3) is 6.17. The van der Waals surface area contributed by atoms with E-state index in [9.17, 15) is 14.4 Å². The molecule has 0 aromatic heterocycles. The van der Waals surface area contributed by atoms with Crippen molar-refractivity contribution in [3.8, 4) is 5.75 Å². The van der Waals surface area contributed by atoms with Crippen LogP contribution >= 0.6 is 11.6 Å². The third-order valence-electron chi connectivity index (χ3n) is 8.51. The number of halogens is 3. The molecule has 3 aliphatic rings. The molecule has 2 aromatic carbocycles. The van der Waals surface area contributed by atoms with Crippen molar-refractivity contribution >= 4 is 29.3 Å². The van der Waals surface area contributed by atoms with Crippen LogP contribution in [0.1, 0.15) is 42.4 Å². The molecule has 2 aromatic rings. The van der Waals surface area contributed by atoms with Crippen molar-refractivity contribution in [2.75, 3.05) is 20.8 Å². The Morgan fingerprint density at radius 2 is 1.84 bits per heavy atom. The van der Waals surface area contributed by atoms with Crippen molar-refractivity contribution in [3.05, 3.63) is 87.6 Å². The molecular formula is C32H34ClF2N3O5. The number of carbonyl (C=O) groups excluding carboxylic acids is 3. The summed E-state index contributed by atoms with van der Waals surface area (Å²) in [7, 11) is 2.82. The van der Waals surface area contributed by atoms with E-state index in [1.165, 1.54) is 25.2 Å². The fraction of sp³-hybridized carbons (Fsp3) is 0.406. The molecule has 0 radical (unpaired) electrons. The Hall–Kier alpha value is -3.76. The summed E-state index contributed by atoms with van der Waals surface area (Å²) in [6.45, 7) is 1.95. The van der Waals surface area contributed by atoms with Crippen molar-refractivity contribution < 1.29 is 32.6 Å². The summed E-state index contributed by atoms with van der Waals surface area (Å²) >= 11 is 6.12. The minimum Gasteiger partial charge on any atom is -0.497 e. The van der Waals surface area contributed by atoms with Gasteiger partial charge in [-0.05, 0) is 61.9 Å².